The molecule has 0 aromatic heterocycles. The molecule has 0 amide bonds. The highest BCUT2D eigenvalue weighted by molar-refractivity contribution is 7.80. The van der Waals surface area contributed by atoms with Crippen molar-refractivity contribution in [2.75, 3.05) is 63.0 Å². The van der Waals surface area contributed by atoms with E-state index in [1.165, 1.54) is 6.07 Å². The minimum Gasteiger partial charge on any atom is -0.493 e. The van der Waals surface area contributed by atoms with E-state index in [0.717, 1.165) is 68.6 Å². The number of alkyl halides is 3. The molecular weight excluding hydrogens is 517 g/mol. The van der Waals surface area contributed by atoms with E-state index in [-0.39, 0.29) is 17.8 Å². The zero-order chi connectivity index (χ0) is 27.3. The molecule has 1 saturated carbocycles. The molecule has 0 unspecified atom stereocenters. The Morgan fingerprint density at radius 3 is 2.29 bits per heavy atom. The van der Waals surface area contributed by atoms with Gasteiger partial charge in [0.25, 0.3) is 0 Å². The monoisotopic (exact) mass is 552 g/mol. The number of anilines is 3. The van der Waals surface area contributed by atoms with Crippen LogP contribution in [0.3, 0.4) is 0 Å². The second-order valence-corrected chi connectivity index (χ2v) is 10.1. The van der Waals surface area contributed by atoms with E-state index in [2.05, 4.69) is 15.1 Å². The number of rotatable bonds is 8. The molecule has 0 atom stereocenters. The molecule has 2 aromatic rings. The van der Waals surface area contributed by atoms with Crippen molar-refractivity contribution in [1.82, 2.24) is 4.90 Å². The molecule has 4 rings (SSSR count). The Morgan fingerprint density at radius 2 is 1.66 bits per heavy atom. The third-order valence-electron chi connectivity index (χ3n) is 7.21. The molecule has 1 aliphatic carbocycles. The normalized spacial score (nSPS) is 20.2. The van der Waals surface area contributed by atoms with Crippen LogP contribution < -0.4 is 25.4 Å². The lowest BCUT2D eigenvalue weighted by molar-refractivity contribution is -0.136. The van der Waals surface area contributed by atoms with Crippen LogP contribution in [-0.4, -0.2) is 69.0 Å². The number of nitrogens with one attached hydrogen (secondary N) is 1. The maximum atomic E-state index is 13.1. The van der Waals surface area contributed by atoms with Crippen molar-refractivity contribution in [1.29, 1.82) is 0 Å². The number of benzene rings is 2. The van der Waals surface area contributed by atoms with Gasteiger partial charge in [-0.2, -0.15) is 13.2 Å². The molecule has 2 fully saturated rings. The summed E-state index contributed by atoms with van der Waals surface area (Å²) in [5.74, 6) is 1.42. The average Bonchev–Trinajstić information content (AvgIpc) is 2.92. The first-order valence-corrected chi connectivity index (χ1v) is 13.2. The largest absolute Gasteiger partial charge is 0.493 e. The van der Waals surface area contributed by atoms with E-state index in [0.29, 0.717) is 23.8 Å². The van der Waals surface area contributed by atoms with Gasteiger partial charge in [0.15, 0.2) is 11.5 Å². The van der Waals surface area contributed by atoms with Gasteiger partial charge < -0.3 is 35.1 Å². The van der Waals surface area contributed by atoms with Gasteiger partial charge in [-0.3, -0.25) is 0 Å². The molecule has 1 heterocycles. The Kier molecular flexibility index (Phi) is 9.09. The number of nitrogens with zero attached hydrogens (tertiary/aromatic N) is 2. The topological polar surface area (TPSA) is 72.2 Å². The standard InChI is InChI=1S/C27H35F3N4O3S/c1-35-24-10-6-20(16-25(24)36-2)33-11-13-34(14-12-33)26(38)17-37-21-7-3-18(4-8-21)32-19-5-9-23(31)22(15-19)27(28,29)30/h5-6,9-10,15-16,18,21,32H,3-4,7-8,11-14,17,31H2,1-2H3. The fourth-order valence-electron chi connectivity index (χ4n) is 5.02. The van der Waals surface area contributed by atoms with E-state index in [9.17, 15) is 13.2 Å². The first-order valence-electron chi connectivity index (χ1n) is 12.8. The van der Waals surface area contributed by atoms with Crippen molar-refractivity contribution >= 4 is 34.3 Å². The number of hydrogen-bond acceptors (Lipinski definition) is 7. The smallest absolute Gasteiger partial charge is 0.418 e. The molecule has 2 aromatic carbocycles. The third-order valence-corrected chi connectivity index (χ3v) is 7.59. The summed E-state index contributed by atoms with van der Waals surface area (Å²) < 4.78 is 56.3. The summed E-state index contributed by atoms with van der Waals surface area (Å²) in [4.78, 5) is 5.30. The van der Waals surface area contributed by atoms with Gasteiger partial charge in [0.2, 0.25) is 0 Å². The minimum atomic E-state index is -4.47. The Hall–Kier alpha value is -2.92. The van der Waals surface area contributed by atoms with Gasteiger partial charge in [-0.15, -0.1) is 0 Å². The Morgan fingerprint density at radius 1 is 0.974 bits per heavy atom. The second kappa shape index (κ2) is 12.3. The van der Waals surface area contributed by atoms with Crippen molar-refractivity contribution in [2.45, 2.75) is 44.0 Å². The van der Waals surface area contributed by atoms with Crippen LogP contribution in [0.1, 0.15) is 31.2 Å². The van der Waals surface area contributed by atoms with E-state index >= 15 is 0 Å². The van der Waals surface area contributed by atoms with Gasteiger partial charge in [-0.1, -0.05) is 12.2 Å². The van der Waals surface area contributed by atoms with Gasteiger partial charge >= 0.3 is 6.18 Å². The number of hydrogen-bond donors (Lipinski definition) is 2. The zero-order valence-electron chi connectivity index (χ0n) is 21.7. The molecule has 11 heteroatoms. The molecule has 2 aliphatic rings. The molecule has 0 spiro atoms. The number of thiocarbonyl (C=S) groups is 1. The maximum absolute atomic E-state index is 13.1. The van der Waals surface area contributed by atoms with Crippen LogP contribution in [-0.2, 0) is 10.9 Å². The number of ether oxygens (including phenoxy) is 3. The molecule has 3 N–H and O–H groups in total. The molecule has 38 heavy (non-hydrogen) atoms. The average molecular weight is 553 g/mol. The molecule has 208 valence electrons. The molecule has 7 nitrogen and oxygen atoms in total. The van der Waals surface area contributed by atoms with Gasteiger partial charge in [0, 0.05) is 55.3 Å². The molecule has 0 bridgehead atoms. The summed E-state index contributed by atoms with van der Waals surface area (Å²) in [7, 11) is 3.26. The summed E-state index contributed by atoms with van der Waals surface area (Å²) in [5, 5.41) is 3.22. The molecule has 1 aliphatic heterocycles. The highest BCUT2D eigenvalue weighted by Gasteiger charge is 2.33. The lowest BCUT2D eigenvalue weighted by Crippen LogP contribution is -2.49. The number of methoxy groups -OCH3 is 2. The second-order valence-electron chi connectivity index (χ2n) is 9.64. The van der Waals surface area contributed by atoms with Crippen molar-refractivity contribution in [3.8, 4) is 11.5 Å². The predicted molar refractivity (Wildman–Crippen MR) is 147 cm³/mol. The quantitative estimate of drug-likeness (QED) is 0.342. The van der Waals surface area contributed by atoms with Crippen LogP contribution in [0.15, 0.2) is 36.4 Å². The van der Waals surface area contributed by atoms with E-state index < -0.39 is 11.7 Å². The number of nitrogen functional groups attached to an aromatic ring is 1. The fraction of sp³-hybridized carbons (Fsp3) is 0.519. The summed E-state index contributed by atoms with van der Waals surface area (Å²) >= 11 is 5.66. The lowest BCUT2D eigenvalue weighted by atomic mass is 9.92. The lowest BCUT2D eigenvalue weighted by Gasteiger charge is -2.38. The van der Waals surface area contributed by atoms with Gasteiger partial charge in [-0.05, 0) is 56.0 Å². The maximum Gasteiger partial charge on any atom is 0.418 e. The summed E-state index contributed by atoms with van der Waals surface area (Å²) in [6, 6.07) is 10.0. The Labute approximate surface area is 227 Å². The van der Waals surface area contributed by atoms with Gasteiger partial charge in [0.1, 0.15) is 4.99 Å². The van der Waals surface area contributed by atoms with E-state index in [4.69, 9.17) is 32.2 Å². The fourth-order valence-corrected chi connectivity index (χ4v) is 5.27. The molecule has 0 radical (unpaired) electrons. The van der Waals surface area contributed by atoms with Crippen LogP contribution in [0.5, 0.6) is 11.5 Å². The van der Waals surface area contributed by atoms with Crippen molar-refractivity contribution in [2.24, 2.45) is 0 Å². The summed E-state index contributed by atoms with van der Waals surface area (Å²) in [6.07, 6.45) is -1.10. The zero-order valence-corrected chi connectivity index (χ0v) is 22.5. The van der Waals surface area contributed by atoms with Crippen LogP contribution in [0.25, 0.3) is 0 Å². The van der Waals surface area contributed by atoms with E-state index in [1.807, 2.05) is 18.2 Å². The van der Waals surface area contributed by atoms with Crippen molar-refractivity contribution < 1.29 is 27.4 Å². The Balaban J connectivity index is 1.19. The number of halogens is 3. The van der Waals surface area contributed by atoms with Gasteiger partial charge in [0.05, 0.1) is 32.5 Å². The van der Waals surface area contributed by atoms with E-state index in [1.54, 1.807) is 20.3 Å². The number of piperazine rings is 1. The van der Waals surface area contributed by atoms with Crippen LogP contribution in [0.2, 0.25) is 0 Å². The van der Waals surface area contributed by atoms with Gasteiger partial charge in [-0.25, -0.2) is 0 Å². The summed E-state index contributed by atoms with van der Waals surface area (Å²) in [6.45, 7) is 3.71. The molecular formula is C27H35F3N4O3S. The SMILES string of the molecule is COc1ccc(N2CCN(C(=S)COC3CCC(Nc4ccc(N)c(C(F)(F)F)c4)CC3)CC2)cc1OC. The first kappa shape index (κ1) is 28.1. The van der Waals surface area contributed by atoms with Crippen LogP contribution in [0.4, 0.5) is 30.2 Å². The predicted octanol–water partition coefficient (Wildman–Crippen LogP) is 5.19. The summed E-state index contributed by atoms with van der Waals surface area (Å²) in [5.41, 5.74) is 5.95. The van der Waals surface area contributed by atoms with Crippen molar-refractivity contribution in [3.05, 3.63) is 42.0 Å². The third kappa shape index (κ3) is 6.93. The van der Waals surface area contributed by atoms with Crippen molar-refractivity contribution in [3.63, 3.8) is 0 Å². The van der Waals surface area contributed by atoms with Crippen LogP contribution in [0, 0.1) is 0 Å². The van der Waals surface area contributed by atoms with Crippen LogP contribution >= 0.6 is 12.2 Å². The highest BCUT2D eigenvalue weighted by Crippen LogP contribution is 2.36. The Bertz CT molecular complexity index is 1100. The minimum absolute atomic E-state index is 0.0937. The first-order chi connectivity index (χ1) is 18.2. The highest BCUT2D eigenvalue weighted by atomic mass is 32.1. The number of nitrogens with two attached hydrogens (primary N) is 1. The molecule has 1 saturated heterocycles.